The topological polar surface area (TPSA) is 34.1 Å². The molecule has 6 heavy (non-hydrogen) atoms. The van der Waals surface area contributed by atoms with Crippen LogP contribution in [0.25, 0.3) is 0 Å². The van der Waals surface area contributed by atoms with E-state index in [9.17, 15) is 9.59 Å². The molecule has 0 aromatic carbocycles. The Hall–Kier alpha value is -0.663. The van der Waals surface area contributed by atoms with Gasteiger partial charge in [0.2, 0.25) is 0 Å². The summed E-state index contributed by atoms with van der Waals surface area (Å²) in [7, 11) is 2.52. The van der Waals surface area contributed by atoms with Gasteiger partial charge in [-0.15, -0.1) is 0 Å². The summed E-state index contributed by atoms with van der Waals surface area (Å²) < 4.78 is 0. The van der Waals surface area contributed by atoms with E-state index in [1.807, 2.05) is 0 Å². The van der Waals surface area contributed by atoms with Gasteiger partial charge in [0.15, 0.2) is 0 Å². The Bertz CT molecular complexity index is 101. The third kappa shape index (κ3) is 3.34. The van der Waals surface area contributed by atoms with Crippen molar-refractivity contribution in [1.29, 1.82) is 0 Å². The summed E-state index contributed by atoms with van der Waals surface area (Å²) >= 11 is 0. The predicted molar refractivity (Wildman–Crippen MR) is 21.0 cm³/mol. The summed E-state index contributed by atoms with van der Waals surface area (Å²) in [5.41, 5.74) is 0. The van der Waals surface area contributed by atoms with Crippen LogP contribution < -0.4 is 0 Å². The molecule has 0 spiro atoms. The summed E-state index contributed by atoms with van der Waals surface area (Å²) in [6, 6.07) is 0. The van der Waals surface area contributed by atoms with Crippen LogP contribution in [0.15, 0.2) is 6.08 Å². The fraction of sp³-hybridized carbons (Fsp3) is 0. The van der Waals surface area contributed by atoms with Gasteiger partial charge in [0.1, 0.15) is 21.6 Å². The van der Waals surface area contributed by atoms with Gasteiger partial charge in [-0.1, -0.05) is 0 Å². The molecule has 29 valence electrons. The molecule has 0 aromatic heterocycles. The zero-order chi connectivity index (χ0) is 4.99. The molecule has 0 saturated heterocycles. The number of rotatable bonds is 1. The summed E-state index contributed by atoms with van der Waals surface area (Å²) in [6.45, 7) is 0. The van der Waals surface area contributed by atoms with Crippen molar-refractivity contribution in [2.45, 2.75) is 0 Å². The van der Waals surface area contributed by atoms with Gasteiger partial charge in [-0.3, -0.25) is 0 Å². The number of carbonyl (C=O) groups excluding carboxylic acids is 2. The van der Waals surface area contributed by atoms with Crippen molar-refractivity contribution in [1.82, 2.24) is 0 Å². The van der Waals surface area contributed by atoms with Gasteiger partial charge in [-0.25, -0.2) is 4.79 Å². The van der Waals surface area contributed by atoms with Crippen LogP contribution in [-0.2, 0) is 9.59 Å². The number of hydrogen-bond donors (Lipinski definition) is 0. The Kier molecular flexibility index (Phi) is 2.28. The minimum absolute atomic E-state index is 0.454. The van der Waals surface area contributed by atoms with Crippen molar-refractivity contribution < 1.29 is 9.59 Å². The maximum Gasteiger partial charge on any atom is 0.136 e. The molecule has 0 aliphatic rings. The predicted octanol–water partition coefficient (Wildman–Crippen LogP) is -0.931. The quantitative estimate of drug-likeness (QED) is 0.240. The highest BCUT2D eigenvalue weighted by atomic mass is 28.1. The molecular weight excluding hydrogens is 96.1 g/mol. The standard InChI is InChI=1S/C3HO2Si/c4-2-1-3(5)6/h1H. The molecule has 0 N–H and O–H groups in total. The minimum Gasteiger partial charge on any atom is -0.301 e. The monoisotopic (exact) mass is 97.0 g/mol. The van der Waals surface area contributed by atoms with Gasteiger partial charge in [0, 0.05) is 0 Å². The summed E-state index contributed by atoms with van der Waals surface area (Å²) in [5, 5.41) is -0.454. The Morgan fingerprint density at radius 3 is 2.33 bits per heavy atom. The molecule has 3 heteroatoms. The average Bonchev–Trinajstić information content (AvgIpc) is 1.35. The van der Waals surface area contributed by atoms with E-state index in [1.54, 1.807) is 0 Å². The van der Waals surface area contributed by atoms with Gasteiger partial charge in [0.05, 0.1) is 6.08 Å². The number of hydrogen-bond acceptors (Lipinski definition) is 2. The Labute approximate surface area is 38.3 Å². The van der Waals surface area contributed by atoms with Crippen LogP contribution in [0.3, 0.4) is 0 Å². The summed E-state index contributed by atoms with van der Waals surface area (Å²) in [4.78, 5) is 18.8. The van der Waals surface area contributed by atoms with Crippen molar-refractivity contribution in [3.05, 3.63) is 6.08 Å². The summed E-state index contributed by atoms with van der Waals surface area (Å²) in [6.07, 6.45) is 0.761. The Morgan fingerprint density at radius 1 is 1.83 bits per heavy atom. The lowest BCUT2D eigenvalue weighted by Gasteiger charge is -1.60. The van der Waals surface area contributed by atoms with Crippen LogP contribution in [0.1, 0.15) is 0 Å². The maximum atomic E-state index is 9.64. The molecule has 0 aliphatic heterocycles. The minimum atomic E-state index is -0.454. The largest absolute Gasteiger partial charge is 0.301 e. The summed E-state index contributed by atoms with van der Waals surface area (Å²) in [5.74, 6) is 1.29. The maximum absolute atomic E-state index is 9.64. The van der Waals surface area contributed by atoms with Gasteiger partial charge >= 0.3 is 0 Å². The van der Waals surface area contributed by atoms with Gasteiger partial charge < -0.3 is 4.79 Å². The highest BCUT2D eigenvalue weighted by molar-refractivity contribution is 6.61. The normalized spacial score (nSPS) is 6.17. The van der Waals surface area contributed by atoms with E-state index in [0.29, 0.717) is 0 Å². The molecule has 0 unspecified atom stereocenters. The molecule has 0 rings (SSSR count). The molecule has 0 amide bonds. The Morgan fingerprint density at radius 2 is 2.33 bits per heavy atom. The zero-order valence-electron chi connectivity index (χ0n) is 2.89. The number of carbonyl (C=O) groups is 1. The van der Waals surface area contributed by atoms with Crippen molar-refractivity contribution >= 4 is 21.6 Å². The second kappa shape index (κ2) is 2.57. The van der Waals surface area contributed by atoms with E-state index in [1.165, 1.54) is 5.94 Å². The second-order valence-electron chi connectivity index (χ2n) is 0.626. The molecule has 0 saturated carbocycles. The lowest BCUT2D eigenvalue weighted by molar-refractivity contribution is -0.107. The Balaban J connectivity index is 3.60. The van der Waals surface area contributed by atoms with Crippen molar-refractivity contribution in [3.8, 4) is 0 Å². The van der Waals surface area contributed by atoms with Crippen molar-refractivity contribution in [2.24, 2.45) is 0 Å². The molecule has 0 fully saturated rings. The SMILES string of the molecule is O=C=CC(=O)[Si]. The van der Waals surface area contributed by atoms with Crippen LogP contribution in [0.4, 0.5) is 0 Å². The van der Waals surface area contributed by atoms with Crippen LogP contribution in [0, 0.1) is 0 Å². The van der Waals surface area contributed by atoms with Crippen LogP contribution >= 0.6 is 0 Å². The van der Waals surface area contributed by atoms with E-state index in [-0.39, 0.29) is 0 Å². The first-order valence-corrected chi connectivity index (χ1v) is 1.74. The van der Waals surface area contributed by atoms with E-state index in [0.717, 1.165) is 6.08 Å². The fourth-order valence-electron chi connectivity index (χ4n) is 0.0535. The average molecular weight is 97.1 g/mol. The van der Waals surface area contributed by atoms with Crippen LogP contribution in [0.5, 0.6) is 0 Å². The molecule has 3 radical (unpaired) electrons. The molecule has 0 aliphatic carbocycles. The first-order chi connectivity index (χ1) is 2.77. The first kappa shape index (κ1) is 5.34. The third-order valence-electron chi connectivity index (χ3n) is 0.190. The lowest BCUT2D eigenvalue weighted by Crippen LogP contribution is -1.86. The molecule has 0 heterocycles. The molecule has 2 nitrogen and oxygen atoms in total. The molecule has 0 aromatic rings. The van der Waals surface area contributed by atoms with Crippen LogP contribution in [0.2, 0.25) is 0 Å². The van der Waals surface area contributed by atoms with Crippen LogP contribution in [-0.4, -0.2) is 21.6 Å². The smallest absolute Gasteiger partial charge is 0.136 e. The lowest BCUT2D eigenvalue weighted by atomic mass is 10.7. The molecule has 0 bridgehead atoms. The van der Waals surface area contributed by atoms with Crippen molar-refractivity contribution in [2.75, 3.05) is 0 Å². The van der Waals surface area contributed by atoms with Gasteiger partial charge in [-0.05, 0) is 0 Å². The first-order valence-electron chi connectivity index (χ1n) is 1.24. The van der Waals surface area contributed by atoms with Gasteiger partial charge in [-0.2, -0.15) is 0 Å². The van der Waals surface area contributed by atoms with Crippen molar-refractivity contribution in [3.63, 3.8) is 0 Å². The van der Waals surface area contributed by atoms with E-state index in [4.69, 9.17) is 0 Å². The highest BCUT2D eigenvalue weighted by Gasteiger charge is 1.75. The second-order valence-corrected chi connectivity index (χ2v) is 1.12. The van der Waals surface area contributed by atoms with Gasteiger partial charge in [0.25, 0.3) is 0 Å². The van der Waals surface area contributed by atoms with E-state index in [2.05, 4.69) is 10.2 Å². The zero-order valence-corrected chi connectivity index (χ0v) is 3.89. The van der Waals surface area contributed by atoms with E-state index < -0.39 is 5.41 Å². The molecule has 0 atom stereocenters. The number of allylic oxidation sites excluding steroid dienone is 1. The highest BCUT2D eigenvalue weighted by Crippen LogP contribution is 1.52. The fourth-order valence-corrected chi connectivity index (χ4v) is 0.112. The third-order valence-corrected chi connectivity index (χ3v) is 0.334. The van der Waals surface area contributed by atoms with E-state index >= 15 is 0 Å². The molecular formula is C3HO2Si.